The maximum atomic E-state index is 16.0. The number of hydrogen-bond acceptors (Lipinski definition) is 15. The summed E-state index contributed by atoms with van der Waals surface area (Å²) in [6, 6.07) is 24.0. The molecule has 22 nitrogen and oxygen atoms in total. The van der Waals surface area contributed by atoms with Gasteiger partial charge in [0.25, 0.3) is 5.91 Å². The summed E-state index contributed by atoms with van der Waals surface area (Å²) in [4.78, 5) is 91.2. The van der Waals surface area contributed by atoms with Crippen LogP contribution < -0.4 is 36.8 Å². The predicted octanol–water partition coefficient (Wildman–Crippen LogP) is 6.80. The largest absolute Gasteiger partial charge is 0.468 e. The van der Waals surface area contributed by atoms with Gasteiger partial charge in [-0.25, -0.2) is 9.37 Å². The summed E-state index contributed by atoms with van der Waals surface area (Å²) in [6.07, 6.45) is 9.65. The van der Waals surface area contributed by atoms with Gasteiger partial charge < -0.3 is 46.4 Å². The predicted molar refractivity (Wildman–Crippen MR) is 320 cm³/mol. The highest BCUT2D eigenvalue weighted by Crippen LogP contribution is 2.40. The topological polar surface area (TPSA) is 255 Å². The zero-order chi connectivity index (χ0) is 59.1. The Morgan fingerprint density at radius 2 is 1.50 bits per heavy atom. The zero-order valence-corrected chi connectivity index (χ0v) is 48.3. The highest BCUT2D eigenvalue weighted by atomic mass is 35.5. The third kappa shape index (κ3) is 15.3. The number of ether oxygens (including phenoxy) is 1. The lowest BCUT2D eigenvalue weighted by molar-refractivity contribution is -0.141. The third-order valence-corrected chi connectivity index (χ3v) is 15.6. The molecule has 5 heterocycles. The Kier molecular flexibility index (Phi) is 20.3. The number of piperidine rings is 1. The molecular formula is C60H71ClFN15O7. The second-order valence-electron chi connectivity index (χ2n) is 20.9. The molecule has 0 spiro atoms. The minimum absolute atomic E-state index is 0.0951. The van der Waals surface area contributed by atoms with Gasteiger partial charge in [0.2, 0.25) is 29.6 Å². The van der Waals surface area contributed by atoms with E-state index < -0.39 is 23.6 Å². The molecule has 2 aliphatic rings. The van der Waals surface area contributed by atoms with E-state index in [-0.39, 0.29) is 56.1 Å². The van der Waals surface area contributed by atoms with Gasteiger partial charge in [-0.05, 0) is 92.4 Å². The van der Waals surface area contributed by atoms with E-state index in [1.165, 1.54) is 19.4 Å². The Balaban J connectivity index is 0.666. The molecule has 0 aliphatic carbocycles. The van der Waals surface area contributed by atoms with Gasteiger partial charge in [0.15, 0.2) is 5.82 Å². The number of rotatable bonds is 25. The molecule has 0 atom stereocenters. The van der Waals surface area contributed by atoms with Gasteiger partial charge in [0.1, 0.15) is 23.9 Å². The number of nitrogens with zero attached hydrogens (tertiary/aromatic N) is 9. The normalized spacial score (nSPS) is 13.9. The smallest absolute Gasteiger partial charge is 0.325 e. The van der Waals surface area contributed by atoms with Crippen molar-refractivity contribution in [1.82, 2.24) is 60.6 Å². The molecule has 6 N–H and O–H groups in total. The number of nitrogens with one attached hydrogen (secondary N) is 6. The molecule has 84 heavy (non-hydrogen) atoms. The number of methoxy groups -OCH3 is 1. The van der Waals surface area contributed by atoms with Crippen molar-refractivity contribution in [3.8, 4) is 11.1 Å². The summed E-state index contributed by atoms with van der Waals surface area (Å²) in [5.74, 6) is -1.99. The molecule has 24 heteroatoms. The number of fused-ring (bicyclic) bond motifs is 2. The summed E-state index contributed by atoms with van der Waals surface area (Å²) in [5, 5.41) is 27.9. The van der Waals surface area contributed by atoms with E-state index in [0.717, 1.165) is 81.7 Å². The second-order valence-corrected chi connectivity index (χ2v) is 21.4. The molecule has 5 amide bonds. The molecule has 442 valence electrons. The summed E-state index contributed by atoms with van der Waals surface area (Å²) >= 11 is 6.43. The van der Waals surface area contributed by atoms with Crippen LogP contribution in [0.3, 0.4) is 0 Å². The van der Waals surface area contributed by atoms with E-state index in [1.807, 2.05) is 30.3 Å². The zero-order valence-electron chi connectivity index (χ0n) is 47.5. The fourth-order valence-corrected chi connectivity index (χ4v) is 10.9. The van der Waals surface area contributed by atoms with Crippen LogP contribution in [0.5, 0.6) is 0 Å². The monoisotopic (exact) mass is 1170 g/mol. The number of aromatic nitrogens is 6. The first-order valence-corrected chi connectivity index (χ1v) is 28.8. The number of benzene rings is 4. The van der Waals surface area contributed by atoms with E-state index in [1.54, 1.807) is 64.9 Å². The van der Waals surface area contributed by atoms with E-state index in [2.05, 4.69) is 73.6 Å². The Bertz CT molecular complexity index is 3490. The van der Waals surface area contributed by atoms with Crippen molar-refractivity contribution in [3.63, 3.8) is 0 Å². The molecule has 4 aromatic carbocycles. The standard InChI is InChI=1S/C60H71ClFN15O7/c1-63-59(83)44-12-7-8-14-48(44)70-58-46(61)35-67-60(71-58)69-41-16-18-42(19-17-41)75-30-28-74(29-31-75)25-10-6-4-5-9-24-64-51(78)20-21-54(81)76-26-22-39(23-27-76)57-56-43(45-33-50-40(32-47(45)62)34-68-73(50)2)13-11-15-49(56)77(72-57)38-53(80)65-36-52(79)66-37-55(82)84-3/h7-8,11-19,32-35,39H,4-6,9-10,20-31,36-38H2,1-3H3,(H,63,83)(H,64,78)(H,65,80)(H,66,79)(H2,67,69,70,71). The summed E-state index contributed by atoms with van der Waals surface area (Å²) < 4.78 is 23.7. The Morgan fingerprint density at radius 1 is 0.750 bits per heavy atom. The maximum Gasteiger partial charge on any atom is 0.325 e. The van der Waals surface area contributed by atoms with Crippen LogP contribution in [0, 0.1) is 5.82 Å². The second kappa shape index (κ2) is 28.5. The summed E-state index contributed by atoms with van der Waals surface area (Å²) in [6.45, 7) is 5.41. The lowest BCUT2D eigenvalue weighted by atomic mass is 9.88. The molecule has 0 unspecified atom stereocenters. The molecule has 2 saturated heterocycles. The van der Waals surface area contributed by atoms with E-state index in [4.69, 9.17) is 16.7 Å². The van der Waals surface area contributed by atoms with Gasteiger partial charge in [-0.3, -0.25) is 43.0 Å². The first-order chi connectivity index (χ1) is 40.7. The number of anilines is 5. The van der Waals surface area contributed by atoms with Crippen LogP contribution >= 0.6 is 11.6 Å². The summed E-state index contributed by atoms with van der Waals surface area (Å²) in [5.41, 5.74) is 5.98. The average Bonchev–Trinajstić information content (AvgIpc) is 3.91. The van der Waals surface area contributed by atoms with Crippen LogP contribution in [0.2, 0.25) is 5.02 Å². The van der Waals surface area contributed by atoms with Crippen LogP contribution in [-0.4, -0.2) is 154 Å². The quantitative estimate of drug-likeness (QED) is 0.0254. The number of hydrogen-bond donors (Lipinski definition) is 6. The Hall–Kier alpha value is -8.70. The average molecular weight is 1170 g/mol. The highest BCUT2D eigenvalue weighted by molar-refractivity contribution is 6.33. The van der Waals surface area contributed by atoms with Crippen molar-refractivity contribution >= 4 is 97.7 Å². The van der Waals surface area contributed by atoms with Gasteiger partial charge in [-0.15, -0.1) is 0 Å². The van der Waals surface area contributed by atoms with Crippen LogP contribution in [0.4, 0.5) is 33.2 Å². The minimum atomic E-state index is -0.624. The van der Waals surface area contributed by atoms with Gasteiger partial charge in [0.05, 0.1) is 54.0 Å². The SMILES string of the molecule is CNC(=O)c1ccccc1Nc1nc(Nc2ccc(N3CCN(CCCCCCCNC(=O)CCC(=O)N4CCC(c5nn(CC(=O)NCC(=O)NCC(=O)OC)c6cccc(-c7cc8c(cnn8C)cc7F)c56)CC4)CC3)cc2)ncc1Cl. The van der Waals surface area contributed by atoms with Crippen LogP contribution in [-0.2, 0) is 42.3 Å². The third-order valence-electron chi connectivity index (χ3n) is 15.4. The van der Waals surface area contributed by atoms with E-state index >= 15 is 4.39 Å². The Morgan fingerprint density at radius 3 is 2.27 bits per heavy atom. The number of esters is 1. The number of carbonyl (C=O) groups excluding carboxylic acids is 6. The van der Waals surface area contributed by atoms with Gasteiger partial charge in [-0.1, -0.05) is 55.1 Å². The van der Waals surface area contributed by atoms with Gasteiger partial charge in [0, 0.05) is 106 Å². The number of amides is 5. The van der Waals surface area contributed by atoms with Crippen molar-refractivity contribution in [2.45, 2.75) is 70.3 Å². The molecule has 0 bridgehead atoms. The minimum Gasteiger partial charge on any atom is -0.468 e. The first kappa shape index (κ1) is 59.9. The van der Waals surface area contributed by atoms with Crippen molar-refractivity contribution < 1.29 is 37.9 Å². The van der Waals surface area contributed by atoms with Crippen LogP contribution in [0.15, 0.2) is 91.3 Å². The molecule has 3 aromatic heterocycles. The van der Waals surface area contributed by atoms with Crippen LogP contribution in [0.1, 0.15) is 79.8 Å². The summed E-state index contributed by atoms with van der Waals surface area (Å²) in [7, 11) is 4.58. The molecule has 0 saturated carbocycles. The van der Waals surface area contributed by atoms with E-state index in [9.17, 15) is 28.8 Å². The maximum absolute atomic E-state index is 16.0. The molecular weight excluding hydrogens is 1100 g/mol. The van der Waals surface area contributed by atoms with Crippen molar-refractivity contribution in [1.29, 1.82) is 0 Å². The molecule has 0 radical (unpaired) electrons. The fraction of sp³-hybridized carbons (Fsp3) is 0.400. The highest BCUT2D eigenvalue weighted by Gasteiger charge is 2.30. The molecule has 7 aromatic rings. The van der Waals surface area contributed by atoms with Crippen LogP contribution in [0.25, 0.3) is 32.9 Å². The number of piperazine rings is 1. The lowest BCUT2D eigenvalue weighted by Gasteiger charge is -2.36. The molecule has 2 fully saturated rings. The molecule has 9 rings (SSSR count). The number of carbonyl (C=O) groups is 6. The van der Waals surface area contributed by atoms with Crippen molar-refractivity contribution in [2.75, 3.05) is 95.1 Å². The Labute approximate surface area is 491 Å². The number of para-hydroxylation sites is 1. The fourth-order valence-electron chi connectivity index (χ4n) is 10.7. The number of halogens is 2. The lowest BCUT2D eigenvalue weighted by Crippen LogP contribution is -2.46. The van der Waals surface area contributed by atoms with E-state index in [0.29, 0.717) is 93.6 Å². The van der Waals surface area contributed by atoms with Crippen molar-refractivity contribution in [3.05, 3.63) is 113 Å². The van der Waals surface area contributed by atoms with Crippen molar-refractivity contribution in [2.24, 2.45) is 7.05 Å². The molecule has 2 aliphatic heterocycles. The van der Waals surface area contributed by atoms with Gasteiger partial charge >= 0.3 is 5.97 Å². The number of likely N-dealkylation sites (tertiary alicyclic amines) is 1. The number of aryl methyl sites for hydroxylation is 1. The number of unbranched alkanes of at least 4 members (excludes halogenated alkanes) is 4. The van der Waals surface area contributed by atoms with Gasteiger partial charge in [-0.2, -0.15) is 15.2 Å². The first-order valence-electron chi connectivity index (χ1n) is 28.5.